The van der Waals surface area contributed by atoms with Crippen LogP contribution in [0.25, 0.3) is 11.4 Å². The summed E-state index contributed by atoms with van der Waals surface area (Å²) in [4.78, 5) is 20.7. The van der Waals surface area contributed by atoms with Gasteiger partial charge in [-0.2, -0.15) is 0 Å². The zero-order valence-corrected chi connectivity index (χ0v) is 13.0. The minimum atomic E-state index is 0. The SMILES string of the molecule is Cl.O=C(Nc1cnc(-c2ccccc2)nc1)[C@@H]1CCCNC1. The third-order valence-corrected chi connectivity index (χ3v) is 3.62. The number of anilines is 1. The zero-order valence-electron chi connectivity index (χ0n) is 12.2. The molecule has 1 aromatic heterocycles. The second-order valence-electron chi connectivity index (χ2n) is 5.19. The van der Waals surface area contributed by atoms with Crippen LogP contribution in [0.15, 0.2) is 42.7 Å². The van der Waals surface area contributed by atoms with Crippen LogP contribution in [0, 0.1) is 5.92 Å². The highest BCUT2D eigenvalue weighted by molar-refractivity contribution is 5.92. The van der Waals surface area contributed by atoms with Crippen LogP contribution >= 0.6 is 12.4 Å². The van der Waals surface area contributed by atoms with E-state index in [-0.39, 0.29) is 24.2 Å². The first-order valence-corrected chi connectivity index (χ1v) is 7.22. The predicted molar refractivity (Wildman–Crippen MR) is 88.9 cm³/mol. The molecule has 1 saturated heterocycles. The molecule has 2 aromatic rings. The number of piperidine rings is 1. The van der Waals surface area contributed by atoms with E-state index in [9.17, 15) is 4.79 Å². The molecule has 1 amide bonds. The molecule has 0 unspecified atom stereocenters. The quantitative estimate of drug-likeness (QED) is 0.912. The summed E-state index contributed by atoms with van der Waals surface area (Å²) in [6, 6.07) is 9.77. The Bertz CT molecular complexity index is 597. The number of rotatable bonds is 3. The van der Waals surface area contributed by atoms with Gasteiger partial charge in [0.2, 0.25) is 5.91 Å². The minimum absolute atomic E-state index is 0. The molecule has 1 aliphatic heterocycles. The maximum atomic E-state index is 12.1. The molecular formula is C16H19ClN4O. The van der Waals surface area contributed by atoms with Crippen LogP contribution in [0.3, 0.4) is 0 Å². The van der Waals surface area contributed by atoms with Gasteiger partial charge in [-0.1, -0.05) is 30.3 Å². The number of halogens is 1. The van der Waals surface area contributed by atoms with Crippen molar-refractivity contribution in [3.8, 4) is 11.4 Å². The second-order valence-corrected chi connectivity index (χ2v) is 5.19. The van der Waals surface area contributed by atoms with Crippen molar-refractivity contribution in [3.05, 3.63) is 42.7 Å². The summed E-state index contributed by atoms with van der Waals surface area (Å²) in [6.07, 6.45) is 5.29. The molecule has 0 radical (unpaired) electrons. The largest absolute Gasteiger partial charge is 0.323 e. The lowest BCUT2D eigenvalue weighted by molar-refractivity contribution is -0.120. The monoisotopic (exact) mass is 318 g/mol. The molecule has 22 heavy (non-hydrogen) atoms. The summed E-state index contributed by atoms with van der Waals surface area (Å²) in [5.41, 5.74) is 1.61. The van der Waals surface area contributed by atoms with Gasteiger partial charge < -0.3 is 10.6 Å². The van der Waals surface area contributed by atoms with Crippen LogP contribution < -0.4 is 10.6 Å². The Labute approximate surface area is 136 Å². The lowest BCUT2D eigenvalue weighted by Gasteiger charge is -2.21. The summed E-state index contributed by atoms with van der Waals surface area (Å²) in [5.74, 6) is 0.735. The first-order chi connectivity index (χ1) is 10.3. The van der Waals surface area contributed by atoms with Crippen LogP contribution in [-0.2, 0) is 4.79 Å². The fourth-order valence-electron chi connectivity index (χ4n) is 2.45. The number of carbonyl (C=O) groups is 1. The third kappa shape index (κ3) is 4.02. The average molecular weight is 319 g/mol. The predicted octanol–water partition coefficient (Wildman–Crippen LogP) is 2.50. The van der Waals surface area contributed by atoms with Gasteiger partial charge in [0, 0.05) is 12.1 Å². The van der Waals surface area contributed by atoms with Crippen molar-refractivity contribution in [3.63, 3.8) is 0 Å². The lowest BCUT2D eigenvalue weighted by atomic mass is 9.99. The molecule has 3 rings (SSSR count). The van der Waals surface area contributed by atoms with E-state index in [0.29, 0.717) is 11.5 Å². The molecular weight excluding hydrogens is 300 g/mol. The molecule has 5 nitrogen and oxygen atoms in total. The first kappa shape index (κ1) is 16.4. The molecule has 0 spiro atoms. The van der Waals surface area contributed by atoms with Gasteiger partial charge in [-0.05, 0) is 19.4 Å². The lowest BCUT2D eigenvalue weighted by Crippen LogP contribution is -2.37. The Morgan fingerprint density at radius 1 is 1.18 bits per heavy atom. The Morgan fingerprint density at radius 3 is 2.55 bits per heavy atom. The molecule has 6 heteroatoms. The zero-order chi connectivity index (χ0) is 14.5. The maximum absolute atomic E-state index is 12.1. The summed E-state index contributed by atoms with van der Waals surface area (Å²) in [5, 5.41) is 6.13. The third-order valence-electron chi connectivity index (χ3n) is 3.62. The van der Waals surface area contributed by atoms with Gasteiger partial charge in [0.05, 0.1) is 24.0 Å². The van der Waals surface area contributed by atoms with Gasteiger partial charge in [0.25, 0.3) is 0 Å². The summed E-state index contributed by atoms with van der Waals surface area (Å²) < 4.78 is 0. The molecule has 0 saturated carbocycles. The highest BCUT2D eigenvalue weighted by Gasteiger charge is 2.20. The number of hydrogen-bond acceptors (Lipinski definition) is 4. The van der Waals surface area contributed by atoms with Crippen LogP contribution in [0.2, 0.25) is 0 Å². The van der Waals surface area contributed by atoms with Crippen LogP contribution in [-0.4, -0.2) is 29.0 Å². The Morgan fingerprint density at radius 2 is 1.91 bits per heavy atom. The first-order valence-electron chi connectivity index (χ1n) is 7.22. The topological polar surface area (TPSA) is 66.9 Å². The molecule has 2 heterocycles. The van der Waals surface area contributed by atoms with E-state index in [1.807, 2.05) is 30.3 Å². The van der Waals surface area contributed by atoms with Crippen molar-refractivity contribution >= 4 is 24.0 Å². The van der Waals surface area contributed by atoms with Gasteiger partial charge in [-0.3, -0.25) is 4.79 Å². The second kappa shape index (κ2) is 7.87. The number of aromatic nitrogens is 2. The highest BCUT2D eigenvalue weighted by atomic mass is 35.5. The van der Waals surface area contributed by atoms with E-state index >= 15 is 0 Å². The normalized spacial score (nSPS) is 17.4. The molecule has 0 aliphatic carbocycles. The number of carbonyl (C=O) groups excluding carboxylic acids is 1. The van der Waals surface area contributed by atoms with Gasteiger partial charge in [-0.25, -0.2) is 9.97 Å². The van der Waals surface area contributed by atoms with Crippen molar-refractivity contribution in [1.82, 2.24) is 15.3 Å². The molecule has 1 fully saturated rings. The smallest absolute Gasteiger partial charge is 0.228 e. The molecule has 116 valence electrons. The van der Waals surface area contributed by atoms with Gasteiger partial charge >= 0.3 is 0 Å². The van der Waals surface area contributed by atoms with Crippen molar-refractivity contribution < 1.29 is 4.79 Å². The Hall–Kier alpha value is -1.98. The van der Waals surface area contributed by atoms with E-state index < -0.39 is 0 Å². The van der Waals surface area contributed by atoms with Crippen LogP contribution in [0.5, 0.6) is 0 Å². The van der Waals surface area contributed by atoms with Crippen molar-refractivity contribution in [2.24, 2.45) is 5.92 Å². The van der Waals surface area contributed by atoms with Crippen molar-refractivity contribution in [2.45, 2.75) is 12.8 Å². The molecule has 1 atom stereocenters. The van der Waals surface area contributed by atoms with Crippen LogP contribution in [0.4, 0.5) is 5.69 Å². The molecule has 0 bridgehead atoms. The molecule has 1 aromatic carbocycles. The van der Waals surface area contributed by atoms with Crippen LogP contribution in [0.1, 0.15) is 12.8 Å². The van der Waals surface area contributed by atoms with Gasteiger partial charge in [0.1, 0.15) is 0 Å². The molecule has 2 N–H and O–H groups in total. The summed E-state index contributed by atoms with van der Waals surface area (Å²) in [6.45, 7) is 1.74. The van der Waals surface area contributed by atoms with Gasteiger partial charge in [0.15, 0.2) is 5.82 Å². The highest BCUT2D eigenvalue weighted by Crippen LogP contribution is 2.16. The van der Waals surface area contributed by atoms with Crippen molar-refractivity contribution in [2.75, 3.05) is 18.4 Å². The number of amides is 1. The van der Waals surface area contributed by atoms with E-state index in [1.165, 1.54) is 0 Å². The maximum Gasteiger partial charge on any atom is 0.228 e. The van der Waals surface area contributed by atoms with Gasteiger partial charge in [-0.15, -0.1) is 12.4 Å². The summed E-state index contributed by atoms with van der Waals surface area (Å²) >= 11 is 0. The van der Waals surface area contributed by atoms with E-state index in [4.69, 9.17) is 0 Å². The van der Waals surface area contributed by atoms with E-state index in [1.54, 1.807) is 12.4 Å². The Balaban J connectivity index is 0.00000176. The number of nitrogens with zero attached hydrogens (tertiary/aromatic N) is 2. The number of hydrogen-bond donors (Lipinski definition) is 2. The van der Waals surface area contributed by atoms with Crippen molar-refractivity contribution in [1.29, 1.82) is 0 Å². The number of benzene rings is 1. The number of nitrogens with one attached hydrogen (secondary N) is 2. The minimum Gasteiger partial charge on any atom is -0.323 e. The standard InChI is InChI=1S/C16H18N4O.ClH/c21-16(13-7-4-8-17-9-13)20-14-10-18-15(19-11-14)12-5-2-1-3-6-12;/h1-3,5-6,10-11,13,17H,4,7-9H2,(H,20,21);1H/t13-;/m1./s1. The average Bonchev–Trinajstić information content (AvgIpc) is 2.57. The Kier molecular flexibility index (Phi) is 5.86. The molecule has 1 aliphatic rings. The summed E-state index contributed by atoms with van der Waals surface area (Å²) in [7, 11) is 0. The fourth-order valence-corrected chi connectivity index (χ4v) is 2.45. The van der Waals surface area contributed by atoms with E-state index in [2.05, 4.69) is 20.6 Å². The van der Waals surface area contributed by atoms with E-state index in [0.717, 1.165) is 31.5 Å². The fraction of sp³-hybridized carbons (Fsp3) is 0.312.